The summed E-state index contributed by atoms with van der Waals surface area (Å²) in [5.74, 6) is 0. The van der Waals surface area contributed by atoms with Gasteiger partial charge in [-0.1, -0.05) is 0 Å². The zero-order valence-electron chi connectivity index (χ0n) is 7.06. The largest absolute Gasteiger partial charge is 0.317 e. The summed E-state index contributed by atoms with van der Waals surface area (Å²) in [6.45, 7) is 0. The summed E-state index contributed by atoms with van der Waals surface area (Å²) < 4.78 is 1.31. The minimum atomic E-state index is 0.684. The lowest BCUT2D eigenvalue weighted by atomic mass is 9.95. The molecule has 0 saturated carbocycles. The molecule has 0 radical (unpaired) electrons. The number of likely N-dealkylation sites (N-methyl/N-ethyl adjacent to an activating group) is 1. The maximum absolute atomic E-state index is 3.59. The molecule has 0 fully saturated rings. The van der Waals surface area contributed by atoms with E-state index in [1.807, 2.05) is 11.3 Å². The Morgan fingerprint density at radius 2 is 2.50 bits per heavy atom. The van der Waals surface area contributed by atoms with E-state index in [4.69, 9.17) is 0 Å². The molecule has 1 aliphatic rings. The smallest absolute Gasteiger partial charge is 0.0317 e. The normalized spacial score (nSPS) is 22.3. The SMILES string of the molecule is CNC1CCc2scc(Br)c2C1. The molecule has 1 N–H and O–H groups in total. The maximum atomic E-state index is 3.59. The van der Waals surface area contributed by atoms with Gasteiger partial charge in [-0.2, -0.15) is 0 Å². The fraction of sp³-hybridized carbons (Fsp3) is 0.556. The second kappa shape index (κ2) is 3.48. The number of nitrogens with one attached hydrogen (secondary N) is 1. The second-order valence-corrected chi connectivity index (χ2v) is 5.03. The van der Waals surface area contributed by atoms with Gasteiger partial charge in [0.2, 0.25) is 0 Å². The molecule has 0 spiro atoms. The van der Waals surface area contributed by atoms with Gasteiger partial charge in [0.25, 0.3) is 0 Å². The number of halogens is 1. The van der Waals surface area contributed by atoms with Crippen LogP contribution in [-0.2, 0) is 12.8 Å². The van der Waals surface area contributed by atoms with Crippen molar-refractivity contribution >= 4 is 27.3 Å². The highest BCUT2D eigenvalue weighted by Crippen LogP contribution is 2.33. The molecule has 0 aliphatic heterocycles. The minimum Gasteiger partial charge on any atom is -0.317 e. The molecule has 0 bridgehead atoms. The third kappa shape index (κ3) is 1.45. The molecule has 2 rings (SSSR count). The molecule has 66 valence electrons. The van der Waals surface area contributed by atoms with Gasteiger partial charge in [-0.25, -0.2) is 0 Å². The van der Waals surface area contributed by atoms with Gasteiger partial charge in [0.05, 0.1) is 0 Å². The molecule has 0 aromatic carbocycles. The van der Waals surface area contributed by atoms with Crippen molar-refractivity contribution in [3.8, 4) is 0 Å². The molecule has 1 heterocycles. The molecule has 1 nitrogen and oxygen atoms in total. The average molecular weight is 246 g/mol. The van der Waals surface area contributed by atoms with Gasteiger partial charge in [0.1, 0.15) is 0 Å². The van der Waals surface area contributed by atoms with E-state index >= 15 is 0 Å². The summed E-state index contributed by atoms with van der Waals surface area (Å²) in [5.41, 5.74) is 1.53. The van der Waals surface area contributed by atoms with E-state index < -0.39 is 0 Å². The van der Waals surface area contributed by atoms with Crippen molar-refractivity contribution in [2.24, 2.45) is 0 Å². The Balaban J connectivity index is 2.26. The van der Waals surface area contributed by atoms with Gasteiger partial charge < -0.3 is 5.32 Å². The van der Waals surface area contributed by atoms with E-state index in [2.05, 4.69) is 33.7 Å². The number of hydrogen-bond acceptors (Lipinski definition) is 2. The summed E-state index contributed by atoms with van der Waals surface area (Å²) in [5, 5.41) is 5.56. The second-order valence-electron chi connectivity index (χ2n) is 3.21. The van der Waals surface area contributed by atoms with Crippen LogP contribution in [0.3, 0.4) is 0 Å². The van der Waals surface area contributed by atoms with Gasteiger partial charge in [-0.05, 0) is 47.8 Å². The third-order valence-electron chi connectivity index (χ3n) is 2.51. The highest BCUT2D eigenvalue weighted by molar-refractivity contribution is 9.10. The first-order chi connectivity index (χ1) is 5.81. The van der Waals surface area contributed by atoms with Crippen molar-refractivity contribution in [2.75, 3.05) is 7.05 Å². The highest BCUT2D eigenvalue weighted by Gasteiger charge is 2.20. The first kappa shape index (κ1) is 8.73. The summed E-state index contributed by atoms with van der Waals surface area (Å²) in [4.78, 5) is 1.58. The van der Waals surface area contributed by atoms with Gasteiger partial charge in [0, 0.05) is 20.8 Å². The zero-order valence-corrected chi connectivity index (χ0v) is 9.46. The maximum Gasteiger partial charge on any atom is 0.0317 e. The molecule has 1 aliphatic carbocycles. The minimum absolute atomic E-state index is 0.684. The Hall–Kier alpha value is 0.140. The van der Waals surface area contributed by atoms with E-state index in [1.54, 1.807) is 4.88 Å². The van der Waals surface area contributed by atoms with E-state index in [9.17, 15) is 0 Å². The van der Waals surface area contributed by atoms with Crippen LogP contribution in [0.1, 0.15) is 16.9 Å². The summed E-state index contributed by atoms with van der Waals surface area (Å²) in [6, 6.07) is 0.684. The number of thiophene rings is 1. The fourth-order valence-corrected chi connectivity index (χ4v) is 3.49. The van der Waals surface area contributed by atoms with E-state index in [0.29, 0.717) is 6.04 Å². The summed E-state index contributed by atoms with van der Waals surface area (Å²) in [6.07, 6.45) is 3.73. The van der Waals surface area contributed by atoms with Crippen LogP contribution in [0.5, 0.6) is 0 Å². The summed E-state index contributed by atoms with van der Waals surface area (Å²) >= 11 is 5.48. The molecule has 3 heteroatoms. The van der Waals surface area contributed by atoms with Crippen molar-refractivity contribution in [1.29, 1.82) is 0 Å². The molecular weight excluding hydrogens is 234 g/mol. The highest BCUT2D eigenvalue weighted by atomic mass is 79.9. The molecule has 1 aromatic rings. The monoisotopic (exact) mass is 245 g/mol. The van der Waals surface area contributed by atoms with Crippen LogP contribution in [0, 0.1) is 0 Å². The van der Waals surface area contributed by atoms with Crippen molar-refractivity contribution in [3.63, 3.8) is 0 Å². The van der Waals surface area contributed by atoms with Crippen molar-refractivity contribution in [2.45, 2.75) is 25.3 Å². The van der Waals surface area contributed by atoms with Crippen LogP contribution in [0.4, 0.5) is 0 Å². The van der Waals surface area contributed by atoms with Crippen LogP contribution in [0.2, 0.25) is 0 Å². The van der Waals surface area contributed by atoms with Gasteiger partial charge in [-0.3, -0.25) is 0 Å². The Labute approximate surface area is 85.3 Å². The zero-order chi connectivity index (χ0) is 8.55. The van der Waals surface area contributed by atoms with Crippen molar-refractivity contribution < 1.29 is 0 Å². The van der Waals surface area contributed by atoms with Crippen LogP contribution in [-0.4, -0.2) is 13.1 Å². The molecule has 1 atom stereocenters. The average Bonchev–Trinajstić information content (AvgIpc) is 2.47. The van der Waals surface area contributed by atoms with E-state index in [1.165, 1.54) is 29.3 Å². The molecule has 12 heavy (non-hydrogen) atoms. The first-order valence-electron chi connectivity index (χ1n) is 4.23. The number of fused-ring (bicyclic) bond motifs is 1. The van der Waals surface area contributed by atoms with E-state index in [-0.39, 0.29) is 0 Å². The summed E-state index contributed by atoms with van der Waals surface area (Å²) in [7, 11) is 2.05. The number of rotatable bonds is 1. The lowest BCUT2D eigenvalue weighted by Crippen LogP contribution is -2.30. The topological polar surface area (TPSA) is 12.0 Å². The predicted octanol–water partition coefficient (Wildman–Crippen LogP) is 2.59. The van der Waals surface area contributed by atoms with Crippen molar-refractivity contribution in [3.05, 3.63) is 20.3 Å². The fourth-order valence-electron chi connectivity index (χ4n) is 1.72. The van der Waals surface area contributed by atoms with Crippen LogP contribution in [0.15, 0.2) is 9.85 Å². The van der Waals surface area contributed by atoms with Gasteiger partial charge >= 0.3 is 0 Å². The Morgan fingerprint density at radius 3 is 3.25 bits per heavy atom. The lowest BCUT2D eigenvalue weighted by molar-refractivity contribution is 0.500. The van der Waals surface area contributed by atoms with Crippen LogP contribution >= 0.6 is 27.3 Å². The van der Waals surface area contributed by atoms with Crippen molar-refractivity contribution in [1.82, 2.24) is 5.32 Å². The molecule has 0 saturated heterocycles. The first-order valence-corrected chi connectivity index (χ1v) is 5.90. The molecule has 1 aromatic heterocycles. The Morgan fingerprint density at radius 1 is 1.67 bits per heavy atom. The quantitative estimate of drug-likeness (QED) is 0.803. The predicted molar refractivity (Wildman–Crippen MR) is 56.9 cm³/mol. The third-order valence-corrected chi connectivity index (χ3v) is 4.61. The number of aryl methyl sites for hydroxylation is 1. The van der Waals surface area contributed by atoms with Crippen LogP contribution in [0.25, 0.3) is 0 Å². The standard InChI is InChI=1S/C9H12BrNS/c1-11-6-2-3-9-7(4-6)8(10)5-12-9/h5-6,11H,2-4H2,1H3. The molecule has 0 amide bonds. The van der Waals surface area contributed by atoms with E-state index in [0.717, 1.165) is 0 Å². The lowest BCUT2D eigenvalue weighted by Gasteiger charge is -2.21. The van der Waals surface area contributed by atoms with Gasteiger partial charge in [0.15, 0.2) is 0 Å². The molecule has 1 unspecified atom stereocenters. The van der Waals surface area contributed by atoms with Gasteiger partial charge in [-0.15, -0.1) is 11.3 Å². The van der Waals surface area contributed by atoms with Crippen LogP contribution < -0.4 is 5.32 Å². The Bertz CT molecular complexity index is 282. The molecular formula is C9H12BrNS. The number of hydrogen-bond donors (Lipinski definition) is 1. The Kier molecular flexibility index (Phi) is 2.53.